The van der Waals surface area contributed by atoms with Crippen molar-refractivity contribution in [2.75, 3.05) is 23.7 Å². The molecule has 1 aromatic carbocycles. The molecular formula is C22H24F3N5O3. The first-order valence-corrected chi connectivity index (χ1v) is 10.3. The van der Waals surface area contributed by atoms with Gasteiger partial charge in [0.2, 0.25) is 5.91 Å². The van der Waals surface area contributed by atoms with Gasteiger partial charge >= 0.3 is 18.0 Å². The Morgan fingerprint density at radius 3 is 2.45 bits per heavy atom. The van der Waals surface area contributed by atoms with Crippen LogP contribution in [0.2, 0.25) is 0 Å². The lowest BCUT2D eigenvalue weighted by Gasteiger charge is -2.38. The third-order valence-electron chi connectivity index (χ3n) is 5.34. The maximum Gasteiger partial charge on any atom is 0.405 e. The lowest BCUT2D eigenvalue weighted by atomic mass is 9.89. The van der Waals surface area contributed by atoms with Crippen LogP contribution >= 0.6 is 0 Å². The lowest BCUT2D eigenvalue weighted by molar-refractivity contribution is -0.146. The molecular weight excluding hydrogens is 439 g/mol. The summed E-state index contributed by atoms with van der Waals surface area (Å²) in [6.07, 6.45) is -0.361. The number of rotatable bonds is 5. The van der Waals surface area contributed by atoms with Crippen LogP contribution in [0.1, 0.15) is 41.7 Å². The Hall–Kier alpha value is -3.63. The summed E-state index contributed by atoms with van der Waals surface area (Å²) in [6, 6.07) is 7.26. The highest BCUT2D eigenvalue weighted by molar-refractivity contribution is 6.39. The summed E-state index contributed by atoms with van der Waals surface area (Å²) in [5.74, 6) is -2.19. The van der Waals surface area contributed by atoms with Crippen molar-refractivity contribution in [2.45, 2.75) is 32.0 Å². The second-order valence-electron chi connectivity index (χ2n) is 8.03. The fourth-order valence-electron chi connectivity index (χ4n) is 3.71. The topological polar surface area (TPSA) is 117 Å². The van der Waals surface area contributed by atoms with Gasteiger partial charge in [-0.3, -0.25) is 19.4 Å². The number of halogens is 3. The standard InChI is InChI=1S/C22H24F3N5O3/c1-13-2-7-18(14-3-5-16(6-4-14)28-12-22(23,24)25)30(11-13)21(33)20(32)29-17-8-15(19(26)31)9-27-10-17/h3-6,8-10,13,18,28H,2,7,11-12H2,1H3,(H2,26,31)(H,29,32)/t13-,18+/m1/s1. The molecule has 2 heterocycles. The molecule has 2 aromatic rings. The zero-order valence-electron chi connectivity index (χ0n) is 17.9. The van der Waals surface area contributed by atoms with E-state index in [1.807, 2.05) is 6.92 Å². The molecule has 0 unspecified atom stereocenters. The number of carbonyl (C=O) groups is 3. The van der Waals surface area contributed by atoms with Crippen LogP contribution in [-0.2, 0) is 9.59 Å². The van der Waals surface area contributed by atoms with Gasteiger partial charge in [-0.25, -0.2) is 0 Å². The fraction of sp³-hybridized carbons (Fsp3) is 0.364. The van der Waals surface area contributed by atoms with Crippen molar-refractivity contribution in [1.29, 1.82) is 0 Å². The van der Waals surface area contributed by atoms with Crippen molar-refractivity contribution >= 4 is 29.1 Å². The summed E-state index contributed by atoms with van der Waals surface area (Å²) in [7, 11) is 0. The van der Waals surface area contributed by atoms with Crippen molar-refractivity contribution in [3.05, 3.63) is 53.9 Å². The van der Waals surface area contributed by atoms with E-state index in [0.29, 0.717) is 18.7 Å². The van der Waals surface area contributed by atoms with Crippen molar-refractivity contribution in [3.8, 4) is 0 Å². The Morgan fingerprint density at radius 1 is 1.12 bits per heavy atom. The van der Waals surface area contributed by atoms with Crippen molar-refractivity contribution in [1.82, 2.24) is 9.88 Å². The number of hydrogen-bond donors (Lipinski definition) is 3. The summed E-state index contributed by atoms with van der Waals surface area (Å²) in [4.78, 5) is 42.2. The molecule has 3 amide bonds. The maximum absolute atomic E-state index is 13.0. The summed E-state index contributed by atoms with van der Waals surface area (Å²) < 4.78 is 37.2. The minimum absolute atomic E-state index is 0.0870. The number of hydrogen-bond acceptors (Lipinski definition) is 5. The van der Waals surface area contributed by atoms with E-state index in [1.54, 1.807) is 12.1 Å². The number of likely N-dealkylation sites (tertiary alicyclic amines) is 1. The number of benzene rings is 1. The second-order valence-corrected chi connectivity index (χ2v) is 8.03. The predicted molar refractivity (Wildman–Crippen MR) is 115 cm³/mol. The molecule has 1 aliphatic rings. The van der Waals surface area contributed by atoms with Crippen LogP contribution in [-0.4, -0.2) is 46.9 Å². The number of aromatic nitrogens is 1. The first kappa shape index (κ1) is 24.0. The molecule has 1 aliphatic heterocycles. The van der Waals surface area contributed by atoms with Gasteiger partial charge in [0.15, 0.2) is 0 Å². The van der Waals surface area contributed by atoms with Gasteiger partial charge < -0.3 is 21.3 Å². The monoisotopic (exact) mass is 463 g/mol. The molecule has 1 saturated heterocycles. The second kappa shape index (κ2) is 9.88. The molecule has 3 rings (SSSR count). The van der Waals surface area contributed by atoms with Crippen LogP contribution in [0.3, 0.4) is 0 Å². The van der Waals surface area contributed by atoms with Crippen molar-refractivity contribution in [2.24, 2.45) is 11.7 Å². The molecule has 4 N–H and O–H groups in total. The van der Waals surface area contributed by atoms with Gasteiger partial charge in [0, 0.05) is 18.4 Å². The largest absolute Gasteiger partial charge is 0.405 e. The third-order valence-corrected chi connectivity index (χ3v) is 5.34. The fourth-order valence-corrected chi connectivity index (χ4v) is 3.71. The molecule has 176 valence electrons. The SMILES string of the molecule is C[C@@H]1CC[C@@H](c2ccc(NCC(F)(F)F)cc2)N(C(=O)C(=O)Nc2cncc(C(N)=O)c2)C1. The molecule has 1 fully saturated rings. The predicted octanol–water partition coefficient (Wildman–Crippen LogP) is 3.09. The Morgan fingerprint density at radius 2 is 1.82 bits per heavy atom. The first-order valence-electron chi connectivity index (χ1n) is 10.3. The minimum atomic E-state index is -4.33. The van der Waals surface area contributed by atoms with Gasteiger partial charge in [-0.2, -0.15) is 13.2 Å². The molecule has 1 aromatic heterocycles. The smallest absolute Gasteiger partial charge is 0.376 e. The minimum Gasteiger partial charge on any atom is -0.376 e. The molecule has 0 saturated carbocycles. The Labute approximate surface area is 188 Å². The van der Waals surface area contributed by atoms with Gasteiger partial charge in [-0.1, -0.05) is 19.1 Å². The van der Waals surface area contributed by atoms with E-state index < -0.39 is 36.5 Å². The number of primary amides is 1. The average molecular weight is 463 g/mol. The van der Waals surface area contributed by atoms with Crippen LogP contribution in [0.4, 0.5) is 24.5 Å². The Bertz CT molecular complexity index is 1030. The quantitative estimate of drug-likeness (QED) is 0.589. The van der Waals surface area contributed by atoms with Gasteiger partial charge in [-0.05, 0) is 42.5 Å². The number of anilines is 2. The van der Waals surface area contributed by atoms with E-state index in [2.05, 4.69) is 15.6 Å². The molecule has 33 heavy (non-hydrogen) atoms. The zero-order chi connectivity index (χ0) is 24.2. The molecule has 0 spiro atoms. The van der Waals surface area contributed by atoms with E-state index in [1.165, 1.54) is 35.5 Å². The van der Waals surface area contributed by atoms with Gasteiger partial charge in [0.1, 0.15) is 6.54 Å². The van der Waals surface area contributed by atoms with Crippen LogP contribution in [0.5, 0.6) is 0 Å². The summed E-state index contributed by atoms with van der Waals surface area (Å²) in [5.41, 5.74) is 6.48. The lowest BCUT2D eigenvalue weighted by Crippen LogP contribution is -2.46. The molecule has 0 radical (unpaired) electrons. The van der Waals surface area contributed by atoms with E-state index in [0.717, 1.165) is 12.0 Å². The Kier molecular flexibility index (Phi) is 7.19. The molecule has 0 aliphatic carbocycles. The number of alkyl halides is 3. The highest BCUT2D eigenvalue weighted by Crippen LogP contribution is 2.34. The zero-order valence-corrected chi connectivity index (χ0v) is 17.9. The highest BCUT2D eigenvalue weighted by Gasteiger charge is 2.34. The third kappa shape index (κ3) is 6.43. The molecule has 2 atom stereocenters. The van der Waals surface area contributed by atoms with E-state index in [-0.39, 0.29) is 17.2 Å². The normalized spacial score (nSPS) is 18.5. The number of amides is 3. The number of nitrogens with two attached hydrogens (primary N) is 1. The number of nitrogens with zero attached hydrogens (tertiary/aromatic N) is 2. The molecule has 0 bridgehead atoms. The van der Waals surface area contributed by atoms with Crippen LogP contribution in [0.25, 0.3) is 0 Å². The van der Waals surface area contributed by atoms with Crippen LogP contribution in [0.15, 0.2) is 42.7 Å². The van der Waals surface area contributed by atoms with Crippen LogP contribution < -0.4 is 16.4 Å². The molecule has 8 nitrogen and oxygen atoms in total. The van der Waals surface area contributed by atoms with E-state index >= 15 is 0 Å². The molecule has 11 heteroatoms. The van der Waals surface area contributed by atoms with Crippen molar-refractivity contribution < 1.29 is 27.6 Å². The maximum atomic E-state index is 13.0. The van der Waals surface area contributed by atoms with Crippen LogP contribution in [0, 0.1) is 5.92 Å². The van der Waals surface area contributed by atoms with Gasteiger partial charge in [-0.15, -0.1) is 0 Å². The Balaban J connectivity index is 1.73. The number of pyridine rings is 1. The summed E-state index contributed by atoms with van der Waals surface area (Å²) in [6.45, 7) is 1.17. The number of piperidine rings is 1. The summed E-state index contributed by atoms with van der Waals surface area (Å²) >= 11 is 0. The van der Waals surface area contributed by atoms with E-state index in [9.17, 15) is 27.6 Å². The number of carbonyl (C=O) groups excluding carboxylic acids is 3. The van der Waals surface area contributed by atoms with E-state index in [4.69, 9.17) is 5.73 Å². The van der Waals surface area contributed by atoms with Gasteiger partial charge in [0.25, 0.3) is 0 Å². The van der Waals surface area contributed by atoms with Crippen molar-refractivity contribution in [3.63, 3.8) is 0 Å². The highest BCUT2D eigenvalue weighted by atomic mass is 19.4. The average Bonchev–Trinajstić information content (AvgIpc) is 2.77. The van der Waals surface area contributed by atoms with Gasteiger partial charge in [0.05, 0.1) is 23.5 Å². The first-order chi connectivity index (χ1) is 15.5. The summed E-state index contributed by atoms with van der Waals surface area (Å²) in [5, 5.41) is 4.75. The number of nitrogens with one attached hydrogen (secondary N) is 2.